The molecule has 2 aliphatic rings. The third-order valence-corrected chi connectivity index (χ3v) is 5.92. The van der Waals surface area contributed by atoms with Gasteiger partial charge in [-0.25, -0.2) is 13.9 Å². The molecule has 1 atom stereocenters. The topological polar surface area (TPSA) is 83.0 Å². The molecule has 3 amide bonds. The van der Waals surface area contributed by atoms with Crippen molar-refractivity contribution in [1.29, 1.82) is 0 Å². The van der Waals surface area contributed by atoms with Crippen molar-refractivity contribution < 1.29 is 18.9 Å². The molecular formula is C21H27N6O3+. The monoisotopic (exact) mass is 411 g/mol. The van der Waals surface area contributed by atoms with E-state index in [2.05, 4.69) is 9.88 Å². The van der Waals surface area contributed by atoms with Gasteiger partial charge in [0.2, 0.25) is 11.9 Å². The molecule has 9 nitrogen and oxygen atoms in total. The number of imidazole rings is 1. The zero-order valence-electron chi connectivity index (χ0n) is 18.0. The van der Waals surface area contributed by atoms with Gasteiger partial charge in [-0.2, -0.15) is 0 Å². The van der Waals surface area contributed by atoms with Crippen LogP contribution < -0.4 is 14.6 Å². The van der Waals surface area contributed by atoms with Gasteiger partial charge in [0, 0.05) is 26.3 Å². The number of imide groups is 1. The first-order chi connectivity index (χ1) is 14.3. The van der Waals surface area contributed by atoms with Gasteiger partial charge >= 0.3 is 12.0 Å². The predicted molar refractivity (Wildman–Crippen MR) is 112 cm³/mol. The minimum Gasteiger partial charge on any atom is -0.497 e. The number of hydrogen-bond acceptors (Lipinski definition) is 5. The van der Waals surface area contributed by atoms with E-state index in [-0.39, 0.29) is 11.9 Å². The molecule has 1 aromatic heterocycles. The van der Waals surface area contributed by atoms with Crippen LogP contribution in [0.2, 0.25) is 0 Å². The van der Waals surface area contributed by atoms with Gasteiger partial charge in [0.15, 0.2) is 0 Å². The second-order valence-corrected chi connectivity index (χ2v) is 7.61. The lowest BCUT2D eigenvalue weighted by atomic mass is 10.1. The van der Waals surface area contributed by atoms with E-state index < -0.39 is 6.04 Å². The van der Waals surface area contributed by atoms with Crippen LogP contribution in [-0.4, -0.2) is 59.9 Å². The zero-order valence-corrected chi connectivity index (χ0v) is 18.0. The van der Waals surface area contributed by atoms with Crippen molar-refractivity contribution in [3.8, 4) is 5.75 Å². The molecule has 1 saturated heterocycles. The van der Waals surface area contributed by atoms with Gasteiger partial charge in [0.1, 0.15) is 17.1 Å². The van der Waals surface area contributed by atoms with Crippen molar-refractivity contribution in [3.63, 3.8) is 0 Å². The zero-order chi connectivity index (χ0) is 21.6. The average molecular weight is 411 g/mol. The summed E-state index contributed by atoms with van der Waals surface area (Å²) in [6.07, 6.45) is 0.881. The van der Waals surface area contributed by atoms with Crippen molar-refractivity contribution in [2.75, 3.05) is 33.1 Å². The summed E-state index contributed by atoms with van der Waals surface area (Å²) in [4.78, 5) is 32.4. The largest absolute Gasteiger partial charge is 0.497 e. The summed E-state index contributed by atoms with van der Waals surface area (Å²) in [6, 6.07) is 6.89. The summed E-state index contributed by atoms with van der Waals surface area (Å²) in [7, 11) is 4.83. The lowest BCUT2D eigenvalue weighted by Crippen LogP contribution is -2.56. The Morgan fingerprint density at radius 3 is 2.50 bits per heavy atom. The smallest absolute Gasteiger partial charge is 0.402 e. The summed E-state index contributed by atoms with van der Waals surface area (Å²) in [5.41, 5.74) is 3.10. The van der Waals surface area contributed by atoms with Crippen LogP contribution in [0.4, 0.5) is 16.4 Å². The molecule has 2 aromatic rings. The Morgan fingerprint density at radius 2 is 1.83 bits per heavy atom. The number of methoxy groups -OCH3 is 1. The molecule has 0 bridgehead atoms. The van der Waals surface area contributed by atoms with Gasteiger partial charge in [0.25, 0.3) is 5.91 Å². The van der Waals surface area contributed by atoms with Gasteiger partial charge in [-0.15, -0.1) is 0 Å². The number of rotatable bonds is 6. The van der Waals surface area contributed by atoms with E-state index in [1.807, 2.05) is 42.7 Å². The first-order valence-corrected chi connectivity index (χ1v) is 9.98. The second-order valence-electron chi connectivity index (χ2n) is 7.61. The number of nitrogens with one attached hydrogen (secondary N) is 1. The highest BCUT2D eigenvalue weighted by Gasteiger charge is 2.53. The van der Waals surface area contributed by atoms with Crippen LogP contribution in [0, 0.1) is 13.8 Å². The number of anilines is 1. The number of nitrogens with zero attached hydrogens (tertiary/aromatic N) is 5. The number of carbonyl (C=O) groups is 2. The number of hydrogen-bond donors (Lipinski definition) is 1. The number of amides is 3. The van der Waals surface area contributed by atoms with Crippen LogP contribution in [0.25, 0.3) is 0 Å². The lowest BCUT2D eigenvalue weighted by molar-refractivity contribution is -0.689. The van der Waals surface area contributed by atoms with Crippen LogP contribution in [-0.2, 0) is 11.3 Å². The summed E-state index contributed by atoms with van der Waals surface area (Å²) in [6.45, 7) is 5.58. The SMILES string of the molecule is COc1ccc(NCCC[n+]2c(C)c(C)n3c2N=C2C3C(=O)N(C)C(=O)N2C)cc1. The maximum atomic E-state index is 12.8. The van der Waals surface area contributed by atoms with Crippen LogP contribution in [0.1, 0.15) is 23.9 Å². The lowest BCUT2D eigenvalue weighted by Gasteiger charge is -2.30. The molecule has 1 fully saturated rings. The Kier molecular flexibility index (Phi) is 4.97. The molecule has 2 aliphatic heterocycles. The average Bonchev–Trinajstić information content (AvgIpc) is 3.25. The maximum absolute atomic E-state index is 12.8. The first-order valence-electron chi connectivity index (χ1n) is 9.98. The van der Waals surface area contributed by atoms with E-state index in [1.54, 1.807) is 14.2 Å². The maximum Gasteiger partial charge on any atom is 0.402 e. The van der Waals surface area contributed by atoms with Crippen molar-refractivity contribution in [3.05, 3.63) is 35.7 Å². The summed E-state index contributed by atoms with van der Waals surface area (Å²) in [5.74, 6) is 1.79. The molecule has 1 N–H and O–H groups in total. The van der Waals surface area contributed by atoms with Gasteiger partial charge < -0.3 is 10.1 Å². The van der Waals surface area contributed by atoms with Crippen molar-refractivity contribution in [2.45, 2.75) is 32.9 Å². The molecule has 0 saturated carbocycles. The standard InChI is InChI=1S/C21H27N6O3/c1-13-14(2)27-17-18(24(3)21(29)25(4)19(17)28)23-20(27)26(13)12-6-11-22-15-7-9-16(30-5)10-8-15/h7-10,17,22H,6,11-12H2,1-5H3/q+1. The van der Waals surface area contributed by atoms with E-state index >= 15 is 0 Å². The van der Waals surface area contributed by atoms with Gasteiger partial charge in [-0.3, -0.25) is 14.6 Å². The Balaban J connectivity index is 1.51. The second kappa shape index (κ2) is 7.47. The summed E-state index contributed by atoms with van der Waals surface area (Å²) < 4.78 is 9.26. The Hall–Kier alpha value is -3.36. The quantitative estimate of drug-likeness (QED) is 0.582. The number of benzene rings is 1. The van der Waals surface area contributed by atoms with Crippen molar-refractivity contribution in [2.24, 2.45) is 4.99 Å². The predicted octanol–water partition coefficient (Wildman–Crippen LogP) is 2.01. The number of carbonyl (C=O) groups excluding carboxylic acids is 2. The summed E-state index contributed by atoms with van der Waals surface area (Å²) >= 11 is 0. The van der Waals surface area contributed by atoms with Crippen LogP contribution in [0.5, 0.6) is 5.75 Å². The highest BCUT2D eigenvalue weighted by molar-refractivity contribution is 6.20. The molecule has 1 aromatic carbocycles. The molecule has 0 aliphatic carbocycles. The fourth-order valence-corrected chi connectivity index (χ4v) is 4.03. The minimum absolute atomic E-state index is 0.248. The number of likely N-dealkylation sites (N-methyl/N-ethyl adjacent to an activating group) is 2. The van der Waals surface area contributed by atoms with E-state index in [9.17, 15) is 9.59 Å². The normalized spacial score (nSPS) is 17.8. The molecule has 0 radical (unpaired) electrons. The minimum atomic E-state index is -0.579. The molecule has 4 rings (SSSR count). The number of amidine groups is 1. The van der Waals surface area contributed by atoms with Crippen molar-refractivity contribution in [1.82, 2.24) is 14.4 Å². The highest BCUT2D eigenvalue weighted by Crippen LogP contribution is 2.34. The highest BCUT2D eigenvalue weighted by atomic mass is 16.5. The molecule has 0 spiro atoms. The number of aromatic nitrogens is 2. The van der Waals surface area contributed by atoms with Crippen LogP contribution >= 0.6 is 0 Å². The summed E-state index contributed by atoms with van der Waals surface area (Å²) in [5, 5.41) is 3.41. The number of aliphatic imine (C=N–C) groups is 1. The molecule has 158 valence electrons. The van der Waals surface area contributed by atoms with Crippen LogP contribution in [0.3, 0.4) is 0 Å². The first kappa shape index (κ1) is 19.9. The third-order valence-electron chi connectivity index (χ3n) is 5.92. The third kappa shape index (κ3) is 3.01. The fraction of sp³-hybridized carbons (Fsp3) is 0.429. The van der Waals surface area contributed by atoms with Crippen molar-refractivity contribution >= 4 is 29.4 Å². The fourth-order valence-electron chi connectivity index (χ4n) is 4.03. The van der Waals surface area contributed by atoms with Crippen LogP contribution in [0.15, 0.2) is 29.3 Å². The van der Waals surface area contributed by atoms with Gasteiger partial charge in [-0.05, 0) is 44.5 Å². The Bertz CT molecular complexity index is 1040. The molecular weight excluding hydrogens is 384 g/mol. The Morgan fingerprint density at radius 1 is 1.13 bits per heavy atom. The number of urea groups is 1. The molecule has 1 unspecified atom stereocenters. The molecule has 3 heterocycles. The molecule has 30 heavy (non-hydrogen) atoms. The Labute approximate surface area is 175 Å². The molecule has 9 heteroatoms. The van der Waals surface area contributed by atoms with E-state index in [0.29, 0.717) is 5.84 Å². The number of ether oxygens (including phenoxy) is 1. The van der Waals surface area contributed by atoms with E-state index in [1.165, 1.54) is 11.9 Å². The van der Waals surface area contributed by atoms with Gasteiger partial charge in [-0.1, -0.05) is 4.99 Å². The van der Waals surface area contributed by atoms with Gasteiger partial charge in [0.05, 0.1) is 13.7 Å². The van der Waals surface area contributed by atoms with E-state index in [0.717, 1.165) is 53.2 Å². The number of fused-ring (bicyclic) bond motifs is 3. The van der Waals surface area contributed by atoms with E-state index in [4.69, 9.17) is 9.73 Å².